The summed E-state index contributed by atoms with van der Waals surface area (Å²) >= 11 is 0. The van der Waals surface area contributed by atoms with E-state index >= 15 is 0 Å². The zero-order chi connectivity index (χ0) is 18.2. The highest BCUT2D eigenvalue weighted by Crippen LogP contribution is 2.31. The summed E-state index contributed by atoms with van der Waals surface area (Å²) in [6.07, 6.45) is 6.25. The van der Waals surface area contributed by atoms with Crippen molar-refractivity contribution in [3.8, 4) is 11.5 Å². The van der Waals surface area contributed by atoms with Crippen molar-refractivity contribution < 1.29 is 23.8 Å². The van der Waals surface area contributed by atoms with E-state index in [0.29, 0.717) is 17.1 Å². The topological polar surface area (TPSA) is 73.9 Å². The molecule has 1 aromatic rings. The molecule has 0 radical (unpaired) electrons. The van der Waals surface area contributed by atoms with E-state index in [0.717, 1.165) is 25.7 Å². The Kier molecular flexibility index (Phi) is 6.86. The summed E-state index contributed by atoms with van der Waals surface area (Å²) < 4.78 is 15.7. The predicted molar refractivity (Wildman–Crippen MR) is 94.5 cm³/mol. The molecular formula is C19H25NO5. The molecule has 1 aliphatic carbocycles. The lowest BCUT2D eigenvalue weighted by molar-refractivity contribution is -0.150. The number of para-hydroxylation sites is 1. The van der Waals surface area contributed by atoms with Gasteiger partial charge < -0.3 is 19.5 Å². The van der Waals surface area contributed by atoms with Crippen LogP contribution in [0, 0.1) is 0 Å². The summed E-state index contributed by atoms with van der Waals surface area (Å²) in [4.78, 5) is 24.0. The molecule has 6 heteroatoms. The minimum Gasteiger partial charge on any atom is -0.493 e. The number of carbonyl (C=O) groups excluding carboxylic acids is 2. The third kappa shape index (κ3) is 5.24. The Labute approximate surface area is 148 Å². The monoisotopic (exact) mass is 347 g/mol. The number of esters is 1. The first kappa shape index (κ1) is 18.8. The van der Waals surface area contributed by atoms with E-state index in [1.54, 1.807) is 38.3 Å². The summed E-state index contributed by atoms with van der Waals surface area (Å²) in [5, 5.41) is 2.91. The first-order valence-corrected chi connectivity index (χ1v) is 8.45. The molecule has 1 aliphatic rings. The van der Waals surface area contributed by atoms with E-state index in [1.165, 1.54) is 13.2 Å². The van der Waals surface area contributed by atoms with E-state index in [4.69, 9.17) is 14.2 Å². The summed E-state index contributed by atoms with van der Waals surface area (Å²) in [5.41, 5.74) is 0.682. The molecule has 1 aromatic carbocycles. The second kappa shape index (κ2) is 9.11. The summed E-state index contributed by atoms with van der Waals surface area (Å²) in [6.45, 7) is 1.57. The Morgan fingerprint density at radius 1 is 1.20 bits per heavy atom. The fraction of sp³-hybridized carbons (Fsp3) is 0.474. The third-order valence-corrected chi connectivity index (χ3v) is 4.20. The van der Waals surface area contributed by atoms with Crippen LogP contribution in [0.15, 0.2) is 24.3 Å². The van der Waals surface area contributed by atoms with E-state index in [2.05, 4.69) is 5.32 Å². The average molecular weight is 347 g/mol. The minimum absolute atomic E-state index is 0.199. The molecule has 1 atom stereocenters. The standard InChI is InChI=1S/C19H25NO5/c1-13(19(22)20-15-8-4-5-9-15)25-17(21)12-11-14-7-6-10-16(23-2)18(14)24-3/h6-7,10-13,15H,4-5,8-9H2,1-3H3,(H,20,22)/b12-11+/t13-/m1/s1. The van der Waals surface area contributed by atoms with Crippen molar-refractivity contribution in [2.24, 2.45) is 0 Å². The molecule has 0 saturated heterocycles. The quantitative estimate of drug-likeness (QED) is 0.606. The first-order valence-electron chi connectivity index (χ1n) is 8.45. The second-order valence-electron chi connectivity index (χ2n) is 5.99. The lowest BCUT2D eigenvalue weighted by Gasteiger charge is -2.16. The van der Waals surface area contributed by atoms with Gasteiger partial charge in [-0.05, 0) is 31.9 Å². The van der Waals surface area contributed by atoms with Crippen molar-refractivity contribution in [2.45, 2.75) is 44.8 Å². The first-order chi connectivity index (χ1) is 12.0. The molecule has 25 heavy (non-hydrogen) atoms. The molecule has 1 fully saturated rings. The Balaban J connectivity index is 1.92. The highest BCUT2D eigenvalue weighted by atomic mass is 16.5. The zero-order valence-electron chi connectivity index (χ0n) is 14.9. The van der Waals surface area contributed by atoms with Crippen molar-refractivity contribution in [3.63, 3.8) is 0 Å². The van der Waals surface area contributed by atoms with Crippen molar-refractivity contribution in [1.82, 2.24) is 5.32 Å². The maximum atomic E-state index is 12.0. The Morgan fingerprint density at radius 2 is 1.92 bits per heavy atom. The largest absolute Gasteiger partial charge is 0.493 e. The number of benzene rings is 1. The molecule has 0 heterocycles. The van der Waals surface area contributed by atoms with Crippen LogP contribution in [0.25, 0.3) is 6.08 Å². The Morgan fingerprint density at radius 3 is 2.56 bits per heavy atom. The van der Waals surface area contributed by atoms with Crippen molar-refractivity contribution in [1.29, 1.82) is 0 Å². The van der Waals surface area contributed by atoms with Crippen molar-refractivity contribution in [2.75, 3.05) is 14.2 Å². The van der Waals surface area contributed by atoms with Gasteiger partial charge in [0.05, 0.1) is 14.2 Å². The third-order valence-electron chi connectivity index (χ3n) is 4.20. The highest BCUT2D eigenvalue weighted by Gasteiger charge is 2.22. The van der Waals surface area contributed by atoms with Crippen LogP contribution < -0.4 is 14.8 Å². The van der Waals surface area contributed by atoms with Gasteiger partial charge >= 0.3 is 5.97 Å². The average Bonchev–Trinajstić information content (AvgIpc) is 3.12. The van der Waals surface area contributed by atoms with Crippen LogP contribution in [-0.4, -0.2) is 38.2 Å². The van der Waals surface area contributed by atoms with Gasteiger partial charge in [0, 0.05) is 17.7 Å². The fourth-order valence-electron chi connectivity index (χ4n) is 2.86. The SMILES string of the molecule is COc1cccc(/C=C/C(=O)O[C@H](C)C(=O)NC2CCCC2)c1OC. The predicted octanol–water partition coefficient (Wildman–Crippen LogP) is 2.71. The smallest absolute Gasteiger partial charge is 0.331 e. The maximum absolute atomic E-state index is 12.0. The minimum atomic E-state index is -0.829. The number of nitrogens with one attached hydrogen (secondary N) is 1. The zero-order valence-corrected chi connectivity index (χ0v) is 14.9. The molecule has 1 amide bonds. The molecule has 2 rings (SSSR count). The fourth-order valence-corrected chi connectivity index (χ4v) is 2.86. The summed E-state index contributed by atoms with van der Waals surface area (Å²) in [6, 6.07) is 5.56. The van der Waals surface area contributed by atoms with Crippen LogP contribution in [0.1, 0.15) is 38.2 Å². The van der Waals surface area contributed by atoms with Gasteiger partial charge in [0.2, 0.25) is 0 Å². The van der Waals surface area contributed by atoms with E-state index in [9.17, 15) is 9.59 Å². The van der Waals surface area contributed by atoms with Gasteiger partial charge in [-0.2, -0.15) is 0 Å². The summed E-state index contributed by atoms with van der Waals surface area (Å²) in [7, 11) is 3.08. The van der Waals surface area contributed by atoms with E-state index in [1.807, 2.05) is 0 Å². The van der Waals surface area contributed by atoms with Crippen LogP contribution in [-0.2, 0) is 14.3 Å². The van der Waals surface area contributed by atoms with Gasteiger partial charge in [0.25, 0.3) is 5.91 Å². The molecule has 0 bridgehead atoms. The van der Waals surface area contributed by atoms with Gasteiger partial charge in [-0.3, -0.25) is 4.79 Å². The van der Waals surface area contributed by atoms with Crippen molar-refractivity contribution >= 4 is 18.0 Å². The summed E-state index contributed by atoms with van der Waals surface area (Å²) in [5.74, 6) is 0.259. The van der Waals surface area contributed by atoms with Gasteiger partial charge in [0.15, 0.2) is 17.6 Å². The normalized spacial score (nSPS) is 15.8. The molecular weight excluding hydrogens is 322 g/mol. The number of hydrogen-bond donors (Lipinski definition) is 1. The molecule has 1 N–H and O–H groups in total. The number of amides is 1. The molecule has 0 aliphatic heterocycles. The molecule has 0 spiro atoms. The molecule has 1 saturated carbocycles. The van der Waals surface area contributed by atoms with Crippen LogP contribution in [0.3, 0.4) is 0 Å². The lowest BCUT2D eigenvalue weighted by atomic mass is 10.1. The van der Waals surface area contributed by atoms with Gasteiger partial charge in [-0.25, -0.2) is 4.79 Å². The number of rotatable bonds is 7. The van der Waals surface area contributed by atoms with Crippen molar-refractivity contribution in [3.05, 3.63) is 29.8 Å². The van der Waals surface area contributed by atoms with E-state index in [-0.39, 0.29) is 11.9 Å². The van der Waals surface area contributed by atoms with Gasteiger partial charge in [-0.1, -0.05) is 25.0 Å². The number of methoxy groups -OCH3 is 2. The molecule has 0 aromatic heterocycles. The van der Waals surface area contributed by atoms with E-state index < -0.39 is 12.1 Å². The molecule has 6 nitrogen and oxygen atoms in total. The Hall–Kier alpha value is -2.50. The van der Waals surface area contributed by atoms with Crippen LogP contribution >= 0.6 is 0 Å². The van der Waals surface area contributed by atoms with Crippen LogP contribution in [0.5, 0.6) is 11.5 Å². The second-order valence-corrected chi connectivity index (χ2v) is 5.99. The van der Waals surface area contributed by atoms with Crippen LogP contribution in [0.4, 0.5) is 0 Å². The van der Waals surface area contributed by atoms with Gasteiger partial charge in [0.1, 0.15) is 0 Å². The molecule has 136 valence electrons. The lowest BCUT2D eigenvalue weighted by Crippen LogP contribution is -2.40. The number of ether oxygens (including phenoxy) is 3. The number of hydrogen-bond acceptors (Lipinski definition) is 5. The highest BCUT2D eigenvalue weighted by molar-refractivity contribution is 5.90. The molecule has 0 unspecified atom stereocenters. The van der Waals surface area contributed by atoms with Crippen LogP contribution in [0.2, 0.25) is 0 Å². The number of carbonyl (C=O) groups is 2. The maximum Gasteiger partial charge on any atom is 0.331 e. The Bertz CT molecular complexity index is 635. The van der Waals surface area contributed by atoms with Gasteiger partial charge in [-0.15, -0.1) is 0 Å².